The molecule has 0 radical (unpaired) electrons. The van der Waals surface area contributed by atoms with Gasteiger partial charge in [-0.3, -0.25) is 9.62 Å². The van der Waals surface area contributed by atoms with Crippen LogP contribution >= 0.6 is 11.3 Å². The Balaban J connectivity index is 1.68. The SMILES string of the molecule is COc1ccc(C)cc1S(=O)(=O)Nc1nc(-c2ccccc2)c(CN2CCOCC2)s1. The van der Waals surface area contributed by atoms with E-state index in [1.807, 2.05) is 43.3 Å². The van der Waals surface area contributed by atoms with Crippen LogP contribution in [-0.4, -0.2) is 51.7 Å². The third-order valence-corrected chi connectivity index (χ3v) is 7.49. The van der Waals surface area contributed by atoms with Gasteiger partial charge < -0.3 is 9.47 Å². The number of hydrogen-bond acceptors (Lipinski definition) is 7. The molecule has 4 rings (SSSR count). The highest BCUT2D eigenvalue weighted by molar-refractivity contribution is 7.93. The van der Waals surface area contributed by atoms with Gasteiger partial charge in [0.1, 0.15) is 10.6 Å². The molecule has 0 amide bonds. The number of aryl methyl sites for hydroxylation is 1. The van der Waals surface area contributed by atoms with Crippen molar-refractivity contribution in [3.05, 3.63) is 59.0 Å². The van der Waals surface area contributed by atoms with Crippen molar-refractivity contribution in [1.29, 1.82) is 0 Å². The lowest BCUT2D eigenvalue weighted by atomic mass is 10.1. The van der Waals surface area contributed by atoms with Crippen molar-refractivity contribution in [3.63, 3.8) is 0 Å². The van der Waals surface area contributed by atoms with Crippen LogP contribution in [0.5, 0.6) is 5.75 Å². The molecule has 0 bridgehead atoms. The number of benzene rings is 2. The molecule has 1 aliphatic rings. The molecule has 0 atom stereocenters. The van der Waals surface area contributed by atoms with Gasteiger partial charge in [0.15, 0.2) is 5.13 Å². The summed E-state index contributed by atoms with van der Waals surface area (Å²) in [5.41, 5.74) is 2.59. The first-order valence-electron chi connectivity index (χ1n) is 9.99. The monoisotopic (exact) mass is 459 g/mol. The van der Waals surface area contributed by atoms with Crippen molar-refractivity contribution < 1.29 is 17.9 Å². The molecule has 2 aromatic carbocycles. The van der Waals surface area contributed by atoms with Crippen molar-refractivity contribution in [2.75, 3.05) is 38.1 Å². The molecule has 0 unspecified atom stereocenters. The van der Waals surface area contributed by atoms with Crippen LogP contribution < -0.4 is 9.46 Å². The smallest absolute Gasteiger partial charge is 0.267 e. The van der Waals surface area contributed by atoms with Crippen LogP contribution in [0.15, 0.2) is 53.4 Å². The first-order chi connectivity index (χ1) is 15.0. The zero-order valence-electron chi connectivity index (χ0n) is 17.5. The van der Waals surface area contributed by atoms with Crippen LogP contribution in [-0.2, 0) is 21.3 Å². The van der Waals surface area contributed by atoms with E-state index in [4.69, 9.17) is 9.47 Å². The Hall–Kier alpha value is -2.46. The Kier molecular flexibility index (Phi) is 6.57. The van der Waals surface area contributed by atoms with Gasteiger partial charge in [-0.05, 0) is 24.6 Å². The van der Waals surface area contributed by atoms with E-state index in [0.29, 0.717) is 30.6 Å². The van der Waals surface area contributed by atoms with Crippen molar-refractivity contribution in [2.45, 2.75) is 18.4 Å². The third-order valence-electron chi connectivity index (χ3n) is 5.05. The second-order valence-corrected chi connectivity index (χ2v) is 10.0. The quantitative estimate of drug-likeness (QED) is 0.580. The molecule has 0 spiro atoms. The summed E-state index contributed by atoms with van der Waals surface area (Å²) < 4.78 is 39.6. The van der Waals surface area contributed by atoms with Gasteiger partial charge >= 0.3 is 0 Å². The van der Waals surface area contributed by atoms with Crippen LogP contribution in [0.25, 0.3) is 11.3 Å². The average Bonchev–Trinajstić information content (AvgIpc) is 3.16. The lowest BCUT2D eigenvalue weighted by molar-refractivity contribution is 0.0347. The molecule has 0 aliphatic carbocycles. The van der Waals surface area contributed by atoms with Crippen molar-refractivity contribution >= 4 is 26.5 Å². The van der Waals surface area contributed by atoms with Crippen molar-refractivity contribution in [3.8, 4) is 17.0 Å². The highest BCUT2D eigenvalue weighted by atomic mass is 32.2. The molecule has 7 nitrogen and oxygen atoms in total. The summed E-state index contributed by atoms with van der Waals surface area (Å²) in [5.74, 6) is 0.298. The summed E-state index contributed by atoms with van der Waals surface area (Å²) in [6, 6.07) is 14.9. The van der Waals surface area contributed by atoms with Crippen LogP contribution in [0.4, 0.5) is 5.13 Å². The number of morpholine rings is 1. The molecule has 31 heavy (non-hydrogen) atoms. The molecular formula is C22H25N3O4S2. The fraction of sp³-hybridized carbons (Fsp3) is 0.318. The van der Waals surface area contributed by atoms with E-state index in [-0.39, 0.29) is 4.90 Å². The van der Waals surface area contributed by atoms with Crippen molar-refractivity contribution in [1.82, 2.24) is 9.88 Å². The van der Waals surface area contributed by atoms with Crippen LogP contribution in [0.3, 0.4) is 0 Å². The van der Waals surface area contributed by atoms with Gasteiger partial charge in [-0.2, -0.15) is 0 Å². The molecule has 1 fully saturated rings. The van der Waals surface area contributed by atoms with E-state index in [9.17, 15) is 8.42 Å². The Morgan fingerprint density at radius 2 is 1.90 bits per heavy atom. The van der Waals surface area contributed by atoms with Crippen LogP contribution in [0.1, 0.15) is 10.4 Å². The van der Waals surface area contributed by atoms with Gasteiger partial charge in [0.05, 0.1) is 26.0 Å². The molecule has 9 heteroatoms. The fourth-order valence-corrected chi connectivity index (χ4v) is 5.97. The van der Waals surface area contributed by atoms with Gasteiger partial charge in [-0.25, -0.2) is 13.4 Å². The number of anilines is 1. The molecule has 2 heterocycles. The number of hydrogen-bond donors (Lipinski definition) is 1. The summed E-state index contributed by atoms with van der Waals surface area (Å²) in [7, 11) is -2.40. The molecule has 164 valence electrons. The third kappa shape index (κ3) is 5.07. The van der Waals surface area contributed by atoms with Crippen LogP contribution in [0, 0.1) is 6.92 Å². The minimum atomic E-state index is -3.86. The van der Waals surface area contributed by atoms with Gasteiger partial charge in [0.2, 0.25) is 0 Å². The molecule has 1 saturated heterocycles. The first kappa shape index (κ1) is 21.8. The van der Waals surface area contributed by atoms with E-state index >= 15 is 0 Å². The van der Waals surface area contributed by atoms with E-state index in [1.54, 1.807) is 12.1 Å². The average molecular weight is 460 g/mol. The van der Waals surface area contributed by atoms with Crippen molar-refractivity contribution in [2.24, 2.45) is 0 Å². The molecule has 0 saturated carbocycles. The minimum Gasteiger partial charge on any atom is -0.495 e. The highest BCUT2D eigenvalue weighted by Gasteiger charge is 2.24. The zero-order chi connectivity index (χ0) is 21.8. The normalized spacial score (nSPS) is 15.0. The highest BCUT2D eigenvalue weighted by Crippen LogP contribution is 2.34. The van der Waals surface area contributed by atoms with Gasteiger partial charge in [-0.1, -0.05) is 47.7 Å². The molecular weight excluding hydrogens is 434 g/mol. The van der Waals surface area contributed by atoms with Gasteiger partial charge in [0, 0.05) is 30.1 Å². The maximum absolute atomic E-state index is 13.1. The van der Waals surface area contributed by atoms with Gasteiger partial charge in [-0.15, -0.1) is 0 Å². The van der Waals surface area contributed by atoms with Crippen LogP contribution in [0.2, 0.25) is 0 Å². The summed E-state index contributed by atoms with van der Waals surface area (Å²) >= 11 is 1.36. The molecule has 1 aliphatic heterocycles. The number of sulfonamides is 1. The topological polar surface area (TPSA) is 80.8 Å². The number of methoxy groups -OCH3 is 1. The van der Waals surface area contributed by atoms with E-state index in [0.717, 1.165) is 34.8 Å². The maximum atomic E-state index is 13.1. The molecule has 1 aromatic heterocycles. The maximum Gasteiger partial charge on any atom is 0.267 e. The second-order valence-electron chi connectivity index (χ2n) is 7.31. The summed E-state index contributed by atoms with van der Waals surface area (Å²) in [6.45, 7) is 5.62. The largest absolute Gasteiger partial charge is 0.495 e. The summed E-state index contributed by atoms with van der Waals surface area (Å²) in [6.07, 6.45) is 0. The minimum absolute atomic E-state index is 0.0983. The Labute approximate surface area is 186 Å². The molecule has 1 N–H and O–H groups in total. The fourth-order valence-electron chi connectivity index (χ4n) is 3.45. The first-order valence-corrected chi connectivity index (χ1v) is 12.3. The number of nitrogens with one attached hydrogen (secondary N) is 1. The number of ether oxygens (including phenoxy) is 2. The number of nitrogens with zero attached hydrogens (tertiary/aromatic N) is 2. The van der Waals surface area contributed by atoms with E-state index < -0.39 is 10.0 Å². The Morgan fingerprint density at radius 1 is 1.16 bits per heavy atom. The summed E-state index contributed by atoms with van der Waals surface area (Å²) in [4.78, 5) is 8.08. The van der Waals surface area contributed by atoms with Gasteiger partial charge in [0.25, 0.3) is 10.0 Å². The number of thiazole rings is 1. The molecule has 3 aromatic rings. The lowest BCUT2D eigenvalue weighted by Gasteiger charge is -2.26. The Bertz CT molecular complexity index is 1140. The lowest BCUT2D eigenvalue weighted by Crippen LogP contribution is -2.35. The predicted molar refractivity (Wildman–Crippen MR) is 122 cm³/mol. The standard InChI is InChI=1S/C22H25N3O4S2/c1-16-8-9-18(28-2)20(14-16)31(26,27)24-22-23-21(17-6-4-3-5-7-17)19(30-22)15-25-10-12-29-13-11-25/h3-9,14H,10-13,15H2,1-2H3,(H,23,24). The number of rotatable bonds is 7. The van der Waals surface area contributed by atoms with E-state index in [2.05, 4.69) is 14.6 Å². The number of aromatic nitrogens is 1. The summed E-state index contributed by atoms with van der Waals surface area (Å²) in [5, 5.41) is 0.339. The zero-order valence-corrected chi connectivity index (χ0v) is 19.1. The Morgan fingerprint density at radius 3 is 2.61 bits per heavy atom. The second kappa shape index (κ2) is 9.35. The predicted octanol–water partition coefficient (Wildman–Crippen LogP) is 3.76. The van der Waals surface area contributed by atoms with E-state index in [1.165, 1.54) is 18.4 Å².